The molecule has 1 heterocycles. The minimum Gasteiger partial charge on any atom is -0.310 e. The van der Waals surface area contributed by atoms with E-state index in [2.05, 4.69) is 37.4 Å². The molecule has 0 bridgehead atoms. The van der Waals surface area contributed by atoms with Gasteiger partial charge in [0, 0.05) is 31.4 Å². The summed E-state index contributed by atoms with van der Waals surface area (Å²) in [7, 11) is 1.99. The van der Waals surface area contributed by atoms with Crippen LogP contribution in [0, 0.1) is 0 Å². The van der Waals surface area contributed by atoms with E-state index in [1.54, 1.807) is 0 Å². The van der Waals surface area contributed by atoms with Gasteiger partial charge in [0.2, 0.25) is 0 Å². The van der Waals surface area contributed by atoms with E-state index in [4.69, 9.17) is 0 Å². The van der Waals surface area contributed by atoms with E-state index in [0.29, 0.717) is 6.04 Å². The Kier molecular flexibility index (Phi) is 5.53. The average molecular weight is 223 g/mol. The van der Waals surface area contributed by atoms with E-state index >= 15 is 0 Å². The molecule has 0 amide bonds. The van der Waals surface area contributed by atoms with Gasteiger partial charge in [-0.15, -0.1) is 0 Å². The summed E-state index contributed by atoms with van der Waals surface area (Å²) in [5.41, 5.74) is 2.57. The van der Waals surface area contributed by atoms with Crippen LogP contribution in [0.5, 0.6) is 0 Å². The summed E-state index contributed by atoms with van der Waals surface area (Å²) in [5.74, 6) is 0. The van der Waals surface area contributed by atoms with Gasteiger partial charge in [0.1, 0.15) is 0 Å². The van der Waals surface area contributed by atoms with Crippen LogP contribution in [0.25, 0.3) is 0 Å². The van der Waals surface area contributed by atoms with E-state index in [-0.39, 0.29) is 0 Å². The monoisotopic (exact) mass is 223 g/mol. The van der Waals surface area contributed by atoms with Crippen LogP contribution in [0.15, 0.2) is 6.20 Å². The summed E-state index contributed by atoms with van der Waals surface area (Å²) < 4.78 is 1.91. The lowest BCUT2D eigenvalue weighted by Gasteiger charge is -2.15. The van der Waals surface area contributed by atoms with Gasteiger partial charge in [-0.3, -0.25) is 4.68 Å². The van der Waals surface area contributed by atoms with Crippen LogP contribution in [0.4, 0.5) is 0 Å². The van der Waals surface area contributed by atoms with Gasteiger partial charge in [-0.25, -0.2) is 0 Å². The molecule has 92 valence electrons. The second-order valence-electron chi connectivity index (χ2n) is 4.40. The van der Waals surface area contributed by atoms with Crippen LogP contribution >= 0.6 is 0 Å². The number of nitrogens with zero attached hydrogens (tertiary/aromatic N) is 2. The highest BCUT2D eigenvalue weighted by molar-refractivity contribution is 5.16. The molecular weight excluding hydrogens is 198 g/mol. The number of aryl methyl sites for hydroxylation is 2. The molecule has 1 unspecified atom stereocenters. The van der Waals surface area contributed by atoms with Crippen molar-refractivity contribution in [1.82, 2.24) is 15.1 Å². The molecule has 0 saturated carbocycles. The van der Waals surface area contributed by atoms with Gasteiger partial charge >= 0.3 is 0 Å². The van der Waals surface area contributed by atoms with Crippen LogP contribution in [0.1, 0.15) is 51.3 Å². The first kappa shape index (κ1) is 13.2. The van der Waals surface area contributed by atoms with Crippen molar-refractivity contribution in [2.45, 2.75) is 59.0 Å². The molecule has 1 rings (SSSR count). The molecule has 0 fully saturated rings. The SMILES string of the molecule is CCCC(CC)NCc1cn(C)nc1CC. The fourth-order valence-corrected chi connectivity index (χ4v) is 2.08. The Morgan fingerprint density at radius 2 is 2.12 bits per heavy atom. The third-order valence-corrected chi connectivity index (χ3v) is 3.04. The lowest BCUT2D eigenvalue weighted by atomic mass is 10.1. The second-order valence-corrected chi connectivity index (χ2v) is 4.40. The largest absolute Gasteiger partial charge is 0.310 e. The van der Waals surface area contributed by atoms with Crippen LogP contribution in [0.3, 0.4) is 0 Å². The molecule has 16 heavy (non-hydrogen) atoms. The molecule has 1 N–H and O–H groups in total. The Balaban J connectivity index is 2.52. The van der Waals surface area contributed by atoms with E-state index < -0.39 is 0 Å². The Bertz CT molecular complexity index is 304. The number of aromatic nitrogens is 2. The zero-order valence-electron chi connectivity index (χ0n) is 11.1. The summed E-state index contributed by atoms with van der Waals surface area (Å²) in [5, 5.41) is 8.08. The first-order valence-electron chi connectivity index (χ1n) is 6.45. The summed E-state index contributed by atoms with van der Waals surface area (Å²) in [4.78, 5) is 0. The Morgan fingerprint density at radius 3 is 2.69 bits per heavy atom. The summed E-state index contributed by atoms with van der Waals surface area (Å²) in [6.07, 6.45) is 6.86. The molecule has 0 spiro atoms. The number of hydrogen-bond donors (Lipinski definition) is 1. The maximum absolute atomic E-state index is 4.46. The topological polar surface area (TPSA) is 29.9 Å². The Labute approximate surface area is 99.2 Å². The minimum atomic E-state index is 0.648. The highest BCUT2D eigenvalue weighted by atomic mass is 15.3. The lowest BCUT2D eigenvalue weighted by molar-refractivity contribution is 0.461. The third-order valence-electron chi connectivity index (χ3n) is 3.04. The first-order chi connectivity index (χ1) is 7.71. The third kappa shape index (κ3) is 3.63. The quantitative estimate of drug-likeness (QED) is 0.770. The van der Waals surface area contributed by atoms with Crippen LogP contribution < -0.4 is 5.32 Å². The zero-order chi connectivity index (χ0) is 12.0. The maximum atomic E-state index is 4.46. The summed E-state index contributed by atoms with van der Waals surface area (Å²) in [6, 6.07) is 0.648. The second kappa shape index (κ2) is 6.69. The molecular formula is C13H25N3. The smallest absolute Gasteiger partial charge is 0.0666 e. The molecule has 0 aliphatic rings. The van der Waals surface area contributed by atoms with Crippen molar-refractivity contribution in [3.05, 3.63) is 17.5 Å². The number of rotatable bonds is 7. The molecule has 1 atom stereocenters. The van der Waals surface area contributed by atoms with Crippen LogP contribution in [0.2, 0.25) is 0 Å². The summed E-state index contributed by atoms with van der Waals surface area (Å²) >= 11 is 0. The van der Waals surface area contributed by atoms with E-state index in [0.717, 1.165) is 13.0 Å². The van der Waals surface area contributed by atoms with Gasteiger partial charge in [-0.05, 0) is 19.3 Å². The molecule has 0 saturated heterocycles. The van der Waals surface area contributed by atoms with Gasteiger partial charge in [0.25, 0.3) is 0 Å². The summed E-state index contributed by atoms with van der Waals surface area (Å²) in [6.45, 7) is 7.61. The van der Waals surface area contributed by atoms with Crippen LogP contribution in [-0.4, -0.2) is 15.8 Å². The van der Waals surface area contributed by atoms with Gasteiger partial charge in [0.05, 0.1) is 5.69 Å². The zero-order valence-corrected chi connectivity index (χ0v) is 11.1. The first-order valence-corrected chi connectivity index (χ1v) is 6.45. The van der Waals surface area contributed by atoms with Crippen molar-refractivity contribution < 1.29 is 0 Å². The molecule has 3 nitrogen and oxygen atoms in total. The average Bonchev–Trinajstić information content (AvgIpc) is 2.65. The molecule has 1 aromatic rings. The van der Waals surface area contributed by atoms with Gasteiger partial charge in [-0.1, -0.05) is 27.2 Å². The highest BCUT2D eigenvalue weighted by Crippen LogP contribution is 2.09. The molecule has 0 radical (unpaired) electrons. The van der Waals surface area contributed by atoms with Gasteiger partial charge < -0.3 is 5.32 Å². The standard InChI is InChI=1S/C13H25N3/c1-5-8-12(6-2)14-9-11-10-16(4)15-13(11)7-3/h10,12,14H,5-9H2,1-4H3. The van der Waals surface area contributed by atoms with Crippen molar-refractivity contribution in [2.24, 2.45) is 7.05 Å². The fraction of sp³-hybridized carbons (Fsp3) is 0.769. The lowest BCUT2D eigenvalue weighted by Crippen LogP contribution is -2.27. The van der Waals surface area contributed by atoms with E-state index in [1.807, 2.05) is 11.7 Å². The molecule has 0 aromatic carbocycles. The molecule has 3 heteroatoms. The van der Waals surface area contributed by atoms with Gasteiger partial charge in [0.15, 0.2) is 0 Å². The van der Waals surface area contributed by atoms with Gasteiger partial charge in [-0.2, -0.15) is 5.10 Å². The fourth-order valence-electron chi connectivity index (χ4n) is 2.08. The predicted molar refractivity (Wildman–Crippen MR) is 68.4 cm³/mol. The molecule has 0 aliphatic heterocycles. The van der Waals surface area contributed by atoms with E-state index in [9.17, 15) is 0 Å². The number of hydrogen-bond acceptors (Lipinski definition) is 2. The minimum absolute atomic E-state index is 0.648. The van der Waals surface area contributed by atoms with Crippen molar-refractivity contribution >= 4 is 0 Å². The Hall–Kier alpha value is -0.830. The van der Waals surface area contributed by atoms with Crippen molar-refractivity contribution in [1.29, 1.82) is 0 Å². The molecule has 0 aliphatic carbocycles. The maximum Gasteiger partial charge on any atom is 0.0666 e. The predicted octanol–water partition coefficient (Wildman–Crippen LogP) is 2.65. The normalized spacial score (nSPS) is 13.0. The Morgan fingerprint density at radius 1 is 1.38 bits per heavy atom. The molecule has 1 aromatic heterocycles. The van der Waals surface area contributed by atoms with Crippen molar-refractivity contribution in [3.63, 3.8) is 0 Å². The van der Waals surface area contributed by atoms with E-state index in [1.165, 1.54) is 30.5 Å². The van der Waals surface area contributed by atoms with Crippen molar-refractivity contribution in [3.8, 4) is 0 Å². The van der Waals surface area contributed by atoms with Crippen LogP contribution in [-0.2, 0) is 20.0 Å². The highest BCUT2D eigenvalue weighted by Gasteiger charge is 2.08. The number of nitrogens with one attached hydrogen (secondary N) is 1. The van der Waals surface area contributed by atoms with Crippen molar-refractivity contribution in [2.75, 3.05) is 0 Å².